The molecule has 2 aliphatic heterocycles. The second kappa shape index (κ2) is 7.06. The van der Waals surface area contributed by atoms with E-state index in [2.05, 4.69) is 14.9 Å². The van der Waals surface area contributed by atoms with Gasteiger partial charge in [0.2, 0.25) is 5.91 Å². The average molecular weight is 345 g/mol. The Kier molecular flexibility index (Phi) is 4.63. The van der Waals surface area contributed by atoms with Crippen LogP contribution in [0.5, 0.6) is 0 Å². The maximum atomic E-state index is 12.6. The molecule has 25 heavy (non-hydrogen) atoms. The summed E-state index contributed by atoms with van der Waals surface area (Å²) in [5.41, 5.74) is 1.04. The Labute approximate surface area is 148 Å². The highest BCUT2D eigenvalue weighted by molar-refractivity contribution is 5.79. The van der Waals surface area contributed by atoms with E-state index in [4.69, 9.17) is 0 Å². The fourth-order valence-corrected chi connectivity index (χ4v) is 3.93. The van der Waals surface area contributed by atoms with E-state index in [1.54, 1.807) is 0 Å². The van der Waals surface area contributed by atoms with Crippen molar-refractivity contribution in [3.8, 4) is 0 Å². The van der Waals surface area contributed by atoms with Gasteiger partial charge in [-0.25, -0.2) is 9.78 Å². The van der Waals surface area contributed by atoms with Crippen molar-refractivity contribution in [2.45, 2.75) is 51.6 Å². The van der Waals surface area contributed by atoms with Crippen LogP contribution in [-0.2, 0) is 24.3 Å². The van der Waals surface area contributed by atoms with Crippen LogP contribution in [0.3, 0.4) is 0 Å². The minimum absolute atomic E-state index is 0.168. The van der Waals surface area contributed by atoms with E-state index in [1.807, 2.05) is 16.0 Å². The molecule has 0 atom stereocenters. The second-order valence-electron chi connectivity index (χ2n) is 7.38. The molecule has 4 rings (SSSR count). The van der Waals surface area contributed by atoms with Gasteiger partial charge in [-0.05, 0) is 25.7 Å². The Bertz CT molecular complexity index is 646. The zero-order valence-corrected chi connectivity index (χ0v) is 14.7. The minimum atomic E-state index is 0.168. The van der Waals surface area contributed by atoms with Crippen molar-refractivity contribution in [1.29, 1.82) is 0 Å². The fraction of sp³-hybridized carbons (Fsp3) is 0.722. The molecule has 7 heteroatoms. The number of hydrogen-bond acceptors (Lipinski definition) is 3. The van der Waals surface area contributed by atoms with Gasteiger partial charge in [0.05, 0.1) is 18.4 Å². The highest BCUT2D eigenvalue weighted by atomic mass is 16.2. The standard InChI is InChI=1S/C18H27N5O2/c24-17(14-4-3-5-14)20-13-15-12-19-16-6-9-22(10-11-23(15)16)18(25)21-7-1-2-8-21/h12,14H,1-11,13H2,(H,20,24). The predicted molar refractivity (Wildman–Crippen MR) is 92.9 cm³/mol. The molecule has 3 heterocycles. The minimum Gasteiger partial charge on any atom is -0.350 e. The molecule has 1 aliphatic carbocycles. The third-order valence-corrected chi connectivity index (χ3v) is 5.79. The fourth-order valence-electron chi connectivity index (χ4n) is 3.93. The van der Waals surface area contributed by atoms with Crippen LogP contribution in [0, 0.1) is 5.92 Å². The van der Waals surface area contributed by atoms with Gasteiger partial charge >= 0.3 is 6.03 Å². The normalized spacial score (nSPS) is 20.8. The molecule has 3 aliphatic rings. The third kappa shape index (κ3) is 3.37. The first kappa shape index (κ1) is 16.4. The lowest BCUT2D eigenvalue weighted by molar-refractivity contribution is -0.127. The highest BCUT2D eigenvalue weighted by Crippen LogP contribution is 2.26. The first-order chi connectivity index (χ1) is 12.2. The van der Waals surface area contributed by atoms with Crippen molar-refractivity contribution >= 4 is 11.9 Å². The van der Waals surface area contributed by atoms with E-state index in [0.29, 0.717) is 13.1 Å². The van der Waals surface area contributed by atoms with Crippen LogP contribution in [0.2, 0.25) is 0 Å². The monoisotopic (exact) mass is 345 g/mol. The number of carbonyl (C=O) groups excluding carboxylic acids is 2. The summed E-state index contributed by atoms with van der Waals surface area (Å²) in [7, 11) is 0. The topological polar surface area (TPSA) is 70.5 Å². The molecule has 0 bridgehead atoms. The predicted octanol–water partition coefficient (Wildman–Crippen LogP) is 1.37. The summed E-state index contributed by atoms with van der Waals surface area (Å²) in [5, 5.41) is 3.05. The first-order valence-corrected chi connectivity index (χ1v) is 9.57. The Morgan fingerprint density at radius 2 is 1.80 bits per heavy atom. The van der Waals surface area contributed by atoms with Gasteiger partial charge in [-0.2, -0.15) is 0 Å². The number of aromatic nitrogens is 2. The van der Waals surface area contributed by atoms with Crippen molar-refractivity contribution in [3.05, 3.63) is 17.7 Å². The van der Waals surface area contributed by atoms with Gasteiger partial charge in [-0.15, -0.1) is 0 Å². The number of carbonyl (C=O) groups is 2. The van der Waals surface area contributed by atoms with Gasteiger partial charge < -0.3 is 19.7 Å². The summed E-state index contributed by atoms with van der Waals surface area (Å²) in [6, 6.07) is 0.170. The van der Waals surface area contributed by atoms with Gasteiger partial charge in [0.1, 0.15) is 5.82 Å². The van der Waals surface area contributed by atoms with Gasteiger partial charge in [0.25, 0.3) is 0 Å². The summed E-state index contributed by atoms with van der Waals surface area (Å²) in [6.07, 6.45) is 8.08. The quantitative estimate of drug-likeness (QED) is 0.899. The molecule has 1 saturated carbocycles. The molecule has 0 aromatic carbocycles. The van der Waals surface area contributed by atoms with Gasteiger partial charge in [-0.1, -0.05) is 6.42 Å². The van der Waals surface area contributed by atoms with Crippen LogP contribution in [0.4, 0.5) is 4.79 Å². The maximum Gasteiger partial charge on any atom is 0.320 e. The van der Waals surface area contributed by atoms with E-state index in [0.717, 1.165) is 69.8 Å². The SMILES string of the molecule is O=C(NCc1cnc2n1CCN(C(=O)N1CCCC1)CC2)C1CCC1. The molecular formula is C18H27N5O2. The lowest BCUT2D eigenvalue weighted by atomic mass is 9.85. The highest BCUT2D eigenvalue weighted by Gasteiger charge is 2.27. The molecule has 1 saturated heterocycles. The van der Waals surface area contributed by atoms with Crippen molar-refractivity contribution in [2.24, 2.45) is 5.92 Å². The summed E-state index contributed by atoms with van der Waals surface area (Å²) >= 11 is 0. The van der Waals surface area contributed by atoms with Crippen LogP contribution in [0.15, 0.2) is 6.20 Å². The van der Waals surface area contributed by atoms with E-state index in [-0.39, 0.29) is 17.9 Å². The van der Waals surface area contributed by atoms with Crippen LogP contribution in [0.1, 0.15) is 43.6 Å². The number of urea groups is 1. The molecule has 3 amide bonds. The lowest BCUT2D eigenvalue weighted by Crippen LogP contribution is -2.43. The summed E-state index contributed by atoms with van der Waals surface area (Å²) in [6.45, 7) is 4.49. The zero-order valence-electron chi connectivity index (χ0n) is 14.7. The molecule has 1 N–H and O–H groups in total. The Morgan fingerprint density at radius 1 is 1.04 bits per heavy atom. The number of amides is 3. The molecule has 1 aromatic rings. The van der Waals surface area contributed by atoms with E-state index >= 15 is 0 Å². The number of likely N-dealkylation sites (tertiary alicyclic amines) is 1. The number of imidazole rings is 1. The number of hydrogen-bond donors (Lipinski definition) is 1. The van der Waals surface area contributed by atoms with Crippen molar-refractivity contribution < 1.29 is 9.59 Å². The number of nitrogens with one attached hydrogen (secondary N) is 1. The molecule has 0 unspecified atom stereocenters. The van der Waals surface area contributed by atoms with Crippen LogP contribution in [-0.4, -0.2) is 57.5 Å². The van der Waals surface area contributed by atoms with Crippen molar-refractivity contribution in [3.63, 3.8) is 0 Å². The number of nitrogens with zero attached hydrogens (tertiary/aromatic N) is 4. The summed E-state index contributed by atoms with van der Waals surface area (Å²) < 4.78 is 2.18. The van der Waals surface area contributed by atoms with Gasteiger partial charge in [-0.3, -0.25) is 4.79 Å². The molecular weight excluding hydrogens is 318 g/mol. The van der Waals surface area contributed by atoms with E-state index in [9.17, 15) is 9.59 Å². The molecule has 1 aromatic heterocycles. The maximum absolute atomic E-state index is 12.6. The molecule has 0 radical (unpaired) electrons. The van der Waals surface area contributed by atoms with Gasteiger partial charge in [0, 0.05) is 45.1 Å². The Balaban J connectivity index is 1.36. The molecule has 0 spiro atoms. The van der Waals surface area contributed by atoms with E-state index in [1.165, 1.54) is 6.42 Å². The third-order valence-electron chi connectivity index (χ3n) is 5.79. The number of rotatable bonds is 3. The second-order valence-corrected chi connectivity index (χ2v) is 7.38. The molecule has 7 nitrogen and oxygen atoms in total. The Morgan fingerprint density at radius 3 is 2.52 bits per heavy atom. The number of fused-ring (bicyclic) bond motifs is 1. The van der Waals surface area contributed by atoms with Gasteiger partial charge in [0.15, 0.2) is 0 Å². The van der Waals surface area contributed by atoms with Crippen molar-refractivity contribution in [2.75, 3.05) is 26.2 Å². The smallest absolute Gasteiger partial charge is 0.320 e. The van der Waals surface area contributed by atoms with Crippen LogP contribution >= 0.6 is 0 Å². The lowest BCUT2D eigenvalue weighted by Gasteiger charge is -2.26. The summed E-state index contributed by atoms with van der Waals surface area (Å²) in [4.78, 5) is 33.1. The largest absolute Gasteiger partial charge is 0.350 e. The first-order valence-electron chi connectivity index (χ1n) is 9.57. The summed E-state index contributed by atoms with van der Waals surface area (Å²) in [5.74, 6) is 1.39. The molecule has 136 valence electrons. The van der Waals surface area contributed by atoms with Crippen LogP contribution in [0.25, 0.3) is 0 Å². The Hall–Kier alpha value is -2.05. The molecule has 2 fully saturated rings. The van der Waals surface area contributed by atoms with E-state index < -0.39 is 0 Å². The van der Waals surface area contributed by atoms with Crippen molar-refractivity contribution in [1.82, 2.24) is 24.7 Å². The average Bonchev–Trinajstić information content (AvgIpc) is 3.17. The zero-order chi connectivity index (χ0) is 17.2. The van der Waals surface area contributed by atoms with Crippen LogP contribution < -0.4 is 5.32 Å².